The molecule has 7 nitrogen and oxygen atoms in total. The van der Waals surface area contributed by atoms with Crippen molar-refractivity contribution < 1.29 is 28.6 Å². The van der Waals surface area contributed by atoms with E-state index < -0.39 is 11.6 Å². The Bertz CT molecular complexity index is 1410. The number of aliphatic hydroxyl groups is 1. The monoisotopic (exact) mass is 522 g/mol. The first kappa shape index (κ1) is 27.6. The number of nitrogens with zero attached hydrogens (tertiary/aromatic N) is 1. The average Bonchev–Trinajstić information content (AvgIpc) is 2.89. The highest BCUT2D eigenvalue weighted by molar-refractivity contribution is 6.03. The lowest BCUT2D eigenvalue weighted by Gasteiger charge is -2.33. The van der Waals surface area contributed by atoms with Crippen LogP contribution in [0.2, 0.25) is 0 Å². The van der Waals surface area contributed by atoms with Crippen molar-refractivity contribution >= 4 is 34.6 Å². The number of rotatable bonds is 8. The van der Waals surface area contributed by atoms with Gasteiger partial charge in [-0.25, -0.2) is 14.2 Å². The second-order valence-corrected chi connectivity index (χ2v) is 10.5. The van der Waals surface area contributed by atoms with E-state index in [2.05, 4.69) is 5.32 Å². The number of cyclic esters (lactones) is 1. The van der Waals surface area contributed by atoms with Gasteiger partial charge < -0.3 is 15.2 Å². The lowest BCUT2D eigenvalue weighted by atomic mass is 9.79. The number of ether oxygens (including phenoxy) is 1. The zero-order valence-corrected chi connectivity index (χ0v) is 22.8. The van der Waals surface area contributed by atoms with Crippen LogP contribution in [-0.2, 0) is 32.0 Å². The van der Waals surface area contributed by atoms with Gasteiger partial charge in [0.25, 0.3) is 0 Å². The third-order valence-corrected chi connectivity index (χ3v) is 7.92. The summed E-state index contributed by atoms with van der Waals surface area (Å²) < 4.78 is 20.2. The minimum atomic E-state index is -1.98. The first-order valence-corrected chi connectivity index (χ1v) is 13.2. The first-order chi connectivity index (χ1) is 18.0. The third kappa shape index (κ3) is 4.34. The molecule has 0 saturated heterocycles. The molecular weight excluding hydrogens is 487 g/mol. The van der Waals surface area contributed by atoms with Crippen LogP contribution in [0.3, 0.4) is 0 Å². The van der Waals surface area contributed by atoms with Gasteiger partial charge in [0.2, 0.25) is 6.41 Å². The number of benzene rings is 1. The molecule has 1 aliphatic carbocycles. The quantitative estimate of drug-likeness (QED) is 0.388. The first-order valence-electron chi connectivity index (χ1n) is 13.2. The van der Waals surface area contributed by atoms with Crippen LogP contribution in [0, 0.1) is 18.7 Å². The number of aryl methyl sites for hydroxylation is 1. The number of esters is 1. The lowest BCUT2D eigenvalue weighted by molar-refractivity contribution is -0.163. The number of allylic oxidation sites excluding steroid dienone is 1. The van der Waals surface area contributed by atoms with Gasteiger partial charge in [-0.1, -0.05) is 27.7 Å². The molecule has 8 heteroatoms. The van der Waals surface area contributed by atoms with Crippen molar-refractivity contribution in [1.29, 1.82) is 0 Å². The molecule has 1 aliphatic heterocycles. The summed E-state index contributed by atoms with van der Waals surface area (Å²) in [5.74, 6) is -1.71. The number of pyridine rings is 1. The van der Waals surface area contributed by atoms with Crippen molar-refractivity contribution in [2.45, 2.75) is 78.9 Å². The highest BCUT2D eigenvalue weighted by atomic mass is 19.1. The molecule has 4 rings (SSSR count). The number of hydrogen-bond acceptors (Lipinski definition) is 6. The molecule has 1 amide bonds. The van der Waals surface area contributed by atoms with E-state index in [1.165, 1.54) is 6.07 Å². The predicted molar refractivity (Wildman–Crippen MR) is 143 cm³/mol. The largest absolute Gasteiger partial charge is 0.458 e. The molecular formula is C30H35FN2O5. The number of halogens is 1. The van der Waals surface area contributed by atoms with Crippen molar-refractivity contribution in [3.8, 4) is 0 Å². The number of ketones is 1. The fourth-order valence-corrected chi connectivity index (χ4v) is 5.78. The van der Waals surface area contributed by atoms with E-state index in [1.807, 2.05) is 6.92 Å². The molecule has 38 heavy (non-hydrogen) atoms. The SMILES string of the molecule is CCc1c(/C(C)=C/C2=C(C(=O)C(C)C)COC(=O)C2(O)CC)nc2cc(F)c(C)c3c2c1C(NC=O)CC3. The Morgan fingerprint density at radius 2 is 2.08 bits per heavy atom. The Morgan fingerprint density at radius 3 is 2.68 bits per heavy atom. The van der Waals surface area contributed by atoms with E-state index in [4.69, 9.17) is 9.72 Å². The minimum Gasteiger partial charge on any atom is -0.458 e. The summed E-state index contributed by atoms with van der Waals surface area (Å²) in [5.41, 5.74) is 3.46. The third-order valence-electron chi connectivity index (χ3n) is 7.92. The van der Waals surface area contributed by atoms with E-state index >= 15 is 0 Å². The Kier molecular flexibility index (Phi) is 7.57. The number of amides is 1. The average molecular weight is 523 g/mol. The van der Waals surface area contributed by atoms with Gasteiger partial charge in [-0.05, 0) is 73.4 Å². The molecule has 2 heterocycles. The molecule has 202 valence electrons. The fraction of sp³-hybridized carbons (Fsp3) is 0.467. The summed E-state index contributed by atoms with van der Waals surface area (Å²) >= 11 is 0. The highest BCUT2D eigenvalue weighted by Gasteiger charge is 2.45. The summed E-state index contributed by atoms with van der Waals surface area (Å²) in [6.45, 7) is 10.5. The number of carbonyl (C=O) groups is 3. The van der Waals surface area contributed by atoms with Crippen molar-refractivity contribution in [1.82, 2.24) is 10.3 Å². The molecule has 2 aromatic rings. The summed E-state index contributed by atoms with van der Waals surface area (Å²) in [5, 5.41) is 15.2. The molecule has 0 spiro atoms. The van der Waals surface area contributed by atoms with Crippen molar-refractivity contribution in [3.63, 3.8) is 0 Å². The normalized spacial score (nSPS) is 21.7. The Balaban J connectivity index is 2.05. The van der Waals surface area contributed by atoms with Crippen LogP contribution >= 0.6 is 0 Å². The second-order valence-electron chi connectivity index (χ2n) is 10.5. The maximum Gasteiger partial charge on any atom is 0.343 e. The summed E-state index contributed by atoms with van der Waals surface area (Å²) in [6.07, 6.45) is 4.19. The van der Waals surface area contributed by atoms with Crippen LogP contribution in [0.5, 0.6) is 0 Å². The van der Waals surface area contributed by atoms with Crippen LogP contribution in [0.15, 0.2) is 23.3 Å². The number of Topliss-reactive ketones (excluding diaryl/α,β-unsaturated/α-hetero) is 1. The highest BCUT2D eigenvalue weighted by Crippen LogP contribution is 2.42. The summed E-state index contributed by atoms with van der Waals surface area (Å²) in [4.78, 5) is 42.1. The van der Waals surface area contributed by atoms with E-state index in [-0.39, 0.29) is 47.7 Å². The Morgan fingerprint density at radius 1 is 1.37 bits per heavy atom. The smallest absolute Gasteiger partial charge is 0.343 e. The van der Waals surface area contributed by atoms with Crippen molar-refractivity contribution in [3.05, 3.63) is 57.1 Å². The molecule has 2 unspecified atom stereocenters. The van der Waals surface area contributed by atoms with E-state index in [0.29, 0.717) is 48.0 Å². The van der Waals surface area contributed by atoms with Crippen LogP contribution in [0.4, 0.5) is 4.39 Å². The van der Waals surface area contributed by atoms with Crippen LogP contribution in [0.25, 0.3) is 16.5 Å². The van der Waals surface area contributed by atoms with Gasteiger partial charge in [0, 0.05) is 28.5 Å². The Hall–Kier alpha value is -3.39. The van der Waals surface area contributed by atoms with Gasteiger partial charge >= 0.3 is 5.97 Å². The van der Waals surface area contributed by atoms with E-state index in [1.54, 1.807) is 40.7 Å². The lowest BCUT2D eigenvalue weighted by Crippen LogP contribution is -2.46. The molecule has 0 bridgehead atoms. The van der Waals surface area contributed by atoms with Gasteiger partial charge in [-0.3, -0.25) is 9.59 Å². The number of aromatic nitrogens is 1. The van der Waals surface area contributed by atoms with Gasteiger partial charge in [-0.2, -0.15) is 0 Å². The zero-order valence-electron chi connectivity index (χ0n) is 22.8. The fourth-order valence-electron chi connectivity index (χ4n) is 5.78. The molecule has 0 fully saturated rings. The molecule has 1 aromatic heterocycles. The number of nitrogens with one attached hydrogen (secondary N) is 1. The zero-order chi connectivity index (χ0) is 27.9. The van der Waals surface area contributed by atoms with E-state index in [9.17, 15) is 23.9 Å². The van der Waals surface area contributed by atoms with Gasteiger partial charge in [0.05, 0.1) is 17.3 Å². The van der Waals surface area contributed by atoms with Crippen LogP contribution in [-0.4, -0.2) is 40.5 Å². The molecule has 0 radical (unpaired) electrons. The van der Waals surface area contributed by atoms with Crippen molar-refractivity contribution in [2.75, 3.05) is 6.61 Å². The summed E-state index contributed by atoms with van der Waals surface area (Å²) in [7, 11) is 0. The van der Waals surface area contributed by atoms with Gasteiger partial charge in [0.1, 0.15) is 12.4 Å². The second kappa shape index (κ2) is 10.4. The summed E-state index contributed by atoms with van der Waals surface area (Å²) in [6, 6.07) is 1.16. The molecule has 2 aliphatic rings. The number of hydrogen-bond donors (Lipinski definition) is 2. The Labute approximate surface area is 222 Å². The molecule has 2 N–H and O–H groups in total. The van der Waals surface area contributed by atoms with Gasteiger partial charge in [0.15, 0.2) is 11.4 Å². The maximum atomic E-state index is 14.9. The molecule has 2 atom stereocenters. The van der Waals surface area contributed by atoms with E-state index in [0.717, 1.165) is 22.1 Å². The van der Waals surface area contributed by atoms with Crippen LogP contribution in [0.1, 0.15) is 81.4 Å². The predicted octanol–water partition coefficient (Wildman–Crippen LogP) is 4.60. The molecule has 1 aromatic carbocycles. The van der Waals surface area contributed by atoms with Crippen LogP contribution < -0.4 is 5.32 Å². The topological polar surface area (TPSA) is 106 Å². The van der Waals surface area contributed by atoms with Gasteiger partial charge in [-0.15, -0.1) is 0 Å². The standard InChI is InChI=1S/C30H35FN2O5/c1-7-18-25-23(32-14-34)10-9-19-17(6)22(31)12-24(26(19)25)33-27(18)16(5)11-21-20(28(35)15(3)4)13-38-29(36)30(21,37)8-2/h11-12,14-15,23,37H,7-10,13H2,1-6H3,(H,32,34)/b16-11+. The minimum absolute atomic E-state index is 0.0238. The maximum absolute atomic E-state index is 14.9. The number of carbonyl (C=O) groups excluding carboxylic acids is 3. The molecule has 0 saturated carbocycles. The van der Waals surface area contributed by atoms with Crippen molar-refractivity contribution in [2.24, 2.45) is 5.92 Å².